The maximum absolute atomic E-state index is 12.6. The van der Waals surface area contributed by atoms with Crippen LogP contribution in [0.2, 0.25) is 5.02 Å². The number of amides is 1. The molecule has 0 radical (unpaired) electrons. The van der Waals surface area contributed by atoms with E-state index in [9.17, 15) is 19.5 Å². The molecule has 32 heavy (non-hydrogen) atoms. The number of thioether (sulfide) groups is 1. The molecule has 0 bridgehead atoms. The van der Waals surface area contributed by atoms with Crippen LogP contribution >= 0.6 is 23.4 Å². The van der Waals surface area contributed by atoms with Gasteiger partial charge in [-0.1, -0.05) is 41.9 Å². The monoisotopic (exact) mass is 467 g/mol. The molecule has 2 N–H and O–H groups in total. The number of halogens is 1. The van der Waals surface area contributed by atoms with Crippen LogP contribution in [-0.4, -0.2) is 28.1 Å². The molecular weight excluding hydrogens is 450 g/mol. The molecule has 0 saturated heterocycles. The van der Waals surface area contributed by atoms with Crippen molar-refractivity contribution in [1.82, 2.24) is 9.99 Å². The Bertz CT molecular complexity index is 1350. The Morgan fingerprint density at radius 3 is 2.69 bits per heavy atom. The van der Waals surface area contributed by atoms with Crippen LogP contribution in [0.25, 0.3) is 0 Å². The lowest BCUT2D eigenvalue weighted by molar-refractivity contribution is 0.0911. The minimum atomic E-state index is -0.860. The molecule has 1 atom stereocenters. The van der Waals surface area contributed by atoms with Gasteiger partial charge in [-0.15, -0.1) is 11.8 Å². The highest BCUT2D eigenvalue weighted by molar-refractivity contribution is 7.98. The SMILES string of the molecule is CC(=O)c1cn2c(c(O)c1=O)C(=O)NCN2[C@@H]1c2ccccc2SCc2c(Cl)cccc21. The van der Waals surface area contributed by atoms with Crippen LogP contribution in [-0.2, 0) is 5.75 Å². The summed E-state index contributed by atoms with van der Waals surface area (Å²) >= 11 is 8.23. The molecule has 0 spiro atoms. The second-order valence-electron chi connectivity index (χ2n) is 7.61. The smallest absolute Gasteiger partial charge is 0.275 e. The van der Waals surface area contributed by atoms with E-state index < -0.39 is 28.9 Å². The van der Waals surface area contributed by atoms with Gasteiger partial charge in [0.1, 0.15) is 6.67 Å². The number of hydrogen-bond donors (Lipinski definition) is 2. The molecule has 3 aromatic rings. The van der Waals surface area contributed by atoms with Crippen LogP contribution in [0.5, 0.6) is 5.75 Å². The quantitative estimate of drug-likeness (QED) is 0.561. The van der Waals surface area contributed by atoms with E-state index in [2.05, 4.69) is 5.32 Å². The number of fused-ring (bicyclic) bond motifs is 3. The minimum Gasteiger partial charge on any atom is -0.502 e. The molecule has 2 aliphatic heterocycles. The highest BCUT2D eigenvalue weighted by Crippen LogP contribution is 2.44. The largest absolute Gasteiger partial charge is 0.502 e. The summed E-state index contributed by atoms with van der Waals surface area (Å²) in [6, 6.07) is 13.2. The summed E-state index contributed by atoms with van der Waals surface area (Å²) in [5, 5.41) is 15.8. The van der Waals surface area contributed by atoms with Crippen molar-refractivity contribution in [3.05, 3.63) is 91.9 Å². The Morgan fingerprint density at radius 1 is 1.16 bits per heavy atom. The molecule has 0 unspecified atom stereocenters. The van der Waals surface area contributed by atoms with E-state index in [1.807, 2.05) is 47.5 Å². The number of pyridine rings is 1. The second-order valence-corrected chi connectivity index (χ2v) is 9.03. The topological polar surface area (TPSA) is 91.6 Å². The van der Waals surface area contributed by atoms with Crippen LogP contribution < -0.4 is 15.8 Å². The van der Waals surface area contributed by atoms with Crippen LogP contribution in [0.4, 0.5) is 0 Å². The van der Waals surface area contributed by atoms with E-state index in [0.717, 1.165) is 21.6 Å². The van der Waals surface area contributed by atoms with Crippen molar-refractivity contribution in [3.63, 3.8) is 0 Å². The molecule has 2 aliphatic rings. The van der Waals surface area contributed by atoms with Crippen molar-refractivity contribution in [3.8, 4) is 5.75 Å². The van der Waals surface area contributed by atoms with Gasteiger partial charge in [0.05, 0.1) is 11.6 Å². The summed E-state index contributed by atoms with van der Waals surface area (Å²) < 4.78 is 1.43. The number of Topliss-reactive ketones (excluding diaryl/α,β-unsaturated/α-hetero) is 1. The van der Waals surface area contributed by atoms with Gasteiger partial charge < -0.3 is 10.4 Å². The lowest BCUT2D eigenvalue weighted by atomic mass is 9.94. The van der Waals surface area contributed by atoms with Crippen LogP contribution in [0.1, 0.15) is 50.5 Å². The highest BCUT2D eigenvalue weighted by Gasteiger charge is 2.36. The average molecular weight is 468 g/mol. The molecule has 0 aliphatic carbocycles. The molecule has 1 aromatic heterocycles. The number of aromatic nitrogens is 1. The van der Waals surface area contributed by atoms with Crippen molar-refractivity contribution in [2.24, 2.45) is 0 Å². The van der Waals surface area contributed by atoms with Gasteiger partial charge >= 0.3 is 0 Å². The molecule has 5 rings (SSSR count). The molecule has 7 nitrogen and oxygen atoms in total. The van der Waals surface area contributed by atoms with E-state index in [0.29, 0.717) is 10.8 Å². The zero-order valence-electron chi connectivity index (χ0n) is 17.0. The van der Waals surface area contributed by atoms with Crippen LogP contribution in [0, 0.1) is 0 Å². The van der Waals surface area contributed by atoms with Gasteiger partial charge in [-0.25, -0.2) is 0 Å². The molecule has 3 heterocycles. The lowest BCUT2D eigenvalue weighted by Gasteiger charge is -2.40. The van der Waals surface area contributed by atoms with Crippen molar-refractivity contribution in [2.45, 2.75) is 23.6 Å². The second kappa shape index (κ2) is 7.72. The Morgan fingerprint density at radius 2 is 1.91 bits per heavy atom. The van der Waals surface area contributed by atoms with Crippen LogP contribution in [0.15, 0.2) is 58.4 Å². The van der Waals surface area contributed by atoms with E-state index in [-0.39, 0.29) is 17.9 Å². The number of nitrogens with one attached hydrogen (secondary N) is 1. The van der Waals surface area contributed by atoms with Gasteiger partial charge in [-0.3, -0.25) is 24.1 Å². The fourth-order valence-corrected chi connectivity index (χ4v) is 5.71. The standard InChI is InChI=1S/C23H18ClN3O4S/c1-12(28)15-9-26-20(22(30)21(15)29)23(31)25-11-27(26)19-13-6-4-7-17(24)16(13)10-32-18-8-3-2-5-14(18)19/h2-9,19,30H,10-11H2,1H3,(H,25,31)/t19-/m0/s1. The molecule has 1 amide bonds. The third-order valence-electron chi connectivity index (χ3n) is 5.77. The molecule has 162 valence electrons. The Kier molecular flexibility index (Phi) is 4.98. The zero-order valence-corrected chi connectivity index (χ0v) is 18.5. The van der Waals surface area contributed by atoms with Gasteiger partial charge in [-0.05, 0) is 35.7 Å². The Labute approximate surface area is 192 Å². The number of nitrogens with zero attached hydrogens (tertiary/aromatic N) is 2. The van der Waals surface area contributed by atoms with E-state index in [1.165, 1.54) is 17.8 Å². The maximum atomic E-state index is 12.6. The van der Waals surface area contributed by atoms with Crippen LogP contribution in [0.3, 0.4) is 0 Å². The molecular formula is C23H18ClN3O4S. The summed E-state index contributed by atoms with van der Waals surface area (Å²) in [6.07, 6.45) is 1.34. The van der Waals surface area contributed by atoms with E-state index >= 15 is 0 Å². The number of hydrogen-bond acceptors (Lipinski definition) is 6. The van der Waals surface area contributed by atoms with Crippen molar-refractivity contribution < 1.29 is 14.7 Å². The Hall–Kier alpha value is -3.23. The number of carbonyl (C=O) groups excluding carboxylic acids is 2. The highest BCUT2D eigenvalue weighted by atomic mass is 35.5. The summed E-state index contributed by atoms with van der Waals surface area (Å²) in [5.41, 5.74) is 1.65. The summed E-state index contributed by atoms with van der Waals surface area (Å²) in [7, 11) is 0. The fraction of sp³-hybridized carbons (Fsp3) is 0.174. The lowest BCUT2D eigenvalue weighted by Crippen LogP contribution is -2.54. The zero-order chi connectivity index (χ0) is 22.6. The first-order valence-corrected chi connectivity index (χ1v) is 11.3. The van der Waals surface area contributed by atoms with Crippen molar-refractivity contribution in [2.75, 3.05) is 11.7 Å². The number of ketones is 1. The summed E-state index contributed by atoms with van der Waals surface area (Å²) in [4.78, 5) is 38.3. The fourth-order valence-electron chi connectivity index (χ4n) is 4.24. The maximum Gasteiger partial charge on any atom is 0.275 e. The molecule has 2 aromatic carbocycles. The van der Waals surface area contributed by atoms with Gasteiger partial charge in [0.25, 0.3) is 5.91 Å². The first-order valence-electron chi connectivity index (χ1n) is 9.92. The van der Waals surface area contributed by atoms with Crippen molar-refractivity contribution in [1.29, 1.82) is 0 Å². The third-order valence-corrected chi connectivity index (χ3v) is 7.24. The van der Waals surface area contributed by atoms with Gasteiger partial charge in [0.2, 0.25) is 5.43 Å². The van der Waals surface area contributed by atoms with Gasteiger partial charge in [0.15, 0.2) is 17.2 Å². The predicted octanol–water partition coefficient (Wildman–Crippen LogP) is 3.44. The van der Waals surface area contributed by atoms with E-state index in [1.54, 1.807) is 11.8 Å². The first kappa shape index (κ1) is 20.7. The van der Waals surface area contributed by atoms with Gasteiger partial charge in [0, 0.05) is 21.9 Å². The normalized spacial score (nSPS) is 17.0. The number of benzene rings is 2. The third kappa shape index (κ3) is 3.10. The molecule has 0 fully saturated rings. The first-order chi connectivity index (χ1) is 15.4. The summed E-state index contributed by atoms with van der Waals surface area (Å²) in [6.45, 7) is 1.35. The Balaban J connectivity index is 1.81. The number of aromatic hydroxyl groups is 1. The van der Waals surface area contributed by atoms with E-state index in [4.69, 9.17) is 11.6 Å². The van der Waals surface area contributed by atoms with Gasteiger partial charge in [-0.2, -0.15) is 0 Å². The number of rotatable bonds is 2. The predicted molar refractivity (Wildman–Crippen MR) is 122 cm³/mol. The number of carbonyl (C=O) groups is 2. The molecule has 9 heteroatoms. The molecule has 0 saturated carbocycles. The van der Waals surface area contributed by atoms with Crippen molar-refractivity contribution >= 4 is 35.1 Å². The summed E-state index contributed by atoms with van der Waals surface area (Å²) in [5.74, 6) is -1.16. The average Bonchev–Trinajstić information content (AvgIpc) is 2.94. The minimum absolute atomic E-state index is 0.0983.